The average molecular weight is 204 g/mol. The van der Waals surface area contributed by atoms with Crippen molar-refractivity contribution >= 4 is 5.69 Å². The van der Waals surface area contributed by atoms with Gasteiger partial charge in [0.25, 0.3) is 0 Å². The van der Waals surface area contributed by atoms with E-state index < -0.39 is 0 Å². The third-order valence-electron chi connectivity index (χ3n) is 2.65. The fraction of sp³-hybridized carbons (Fsp3) is 0.385. The fourth-order valence-electron chi connectivity index (χ4n) is 1.57. The van der Waals surface area contributed by atoms with Gasteiger partial charge in [0.05, 0.1) is 5.82 Å². The molecule has 1 rings (SSSR count). The average Bonchev–Trinajstić information content (AvgIpc) is 2.30. The van der Waals surface area contributed by atoms with Crippen LogP contribution < -0.4 is 10.2 Å². The van der Waals surface area contributed by atoms with Crippen LogP contribution in [0.4, 0.5) is 5.69 Å². The molecule has 0 heterocycles. The lowest BCUT2D eigenvalue weighted by Crippen LogP contribution is -2.36. The molecular weight excluding hydrogens is 184 g/mol. The van der Waals surface area contributed by atoms with E-state index in [2.05, 4.69) is 42.8 Å². The van der Waals surface area contributed by atoms with E-state index in [1.165, 1.54) is 5.69 Å². The number of hydrogen-bond donors (Lipinski definition) is 1. The summed E-state index contributed by atoms with van der Waals surface area (Å²) in [7, 11) is 1.90. The highest BCUT2D eigenvalue weighted by Crippen LogP contribution is 2.20. The molecule has 0 saturated carbocycles. The van der Waals surface area contributed by atoms with E-state index in [-0.39, 0.29) is 0 Å². The molecule has 0 aliphatic heterocycles. The van der Waals surface area contributed by atoms with Crippen molar-refractivity contribution in [3.63, 3.8) is 0 Å². The van der Waals surface area contributed by atoms with Crippen LogP contribution in [-0.2, 0) is 0 Å². The van der Waals surface area contributed by atoms with Crippen molar-refractivity contribution in [2.24, 2.45) is 0 Å². The highest BCUT2D eigenvalue weighted by Gasteiger charge is 2.14. The van der Waals surface area contributed by atoms with Gasteiger partial charge in [0.15, 0.2) is 0 Å². The Hall–Kier alpha value is -1.44. The summed E-state index contributed by atoms with van der Waals surface area (Å²) >= 11 is 0. The van der Waals surface area contributed by atoms with Gasteiger partial charge in [-0.2, -0.15) is 0 Å². The third-order valence-corrected chi connectivity index (χ3v) is 2.65. The molecule has 0 aromatic heterocycles. The topological polar surface area (TPSA) is 15.3 Å². The second-order valence-electron chi connectivity index (χ2n) is 3.66. The van der Waals surface area contributed by atoms with E-state index in [1.54, 1.807) is 0 Å². The number of hydrogen-bond acceptors (Lipinski definition) is 2. The first kappa shape index (κ1) is 11.6. The Labute approximate surface area is 92.6 Å². The molecule has 2 nitrogen and oxygen atoms in total. The molecular formula is C13H20N2. The van der Waals surface area contributed by atoms with Gasteiger partial charge in [-0.1, -0.05) is 31.7 Å². The molecule has 1 aromatic carbocycles. The third kappa shape index (κ3) is 2.75. The molecule has 2 heteroatoms. The Morgan fingerprint density at radius 2 is 2.00 bits per heavy atom. The zero-order chi connectivity index (χ0) is 11.3. The Bertz CT molecular complexity index is 306. The lowest BCUT2D eigenvalue weighted by atomic mass is 10.2. The van der Waals surface area contributed by atoms with Gasteiger partial charge in [-0.3, -0.25) is 0 Å². The van der Waals surface area contributed by atoms with Crippen molar-refractivity contribution in [2.75, 3.05) is 11.9 Å². The quantitative estimate of drug-likeness (QED) is 0.793. The standard InChI is InChI=1S/C13H20N2/c1-5-11(2)15(12(3)14-4)13-9-7-6-8-10-13/h6-11,14H,3,5H2,1-2,4H3. The highest BCUT2D eigenvalue weighted by molar-refractivity contribution is 5.51. The summed E-state index contributed by atoms with van der Waals surface area (Å²) in [6, 6.07) is 10.8. The Balaban J connectivity index is 2.96. The van der Waals surface area contributed by atoms with E-state index in [9.17, 15) is 0 Å². The van der Waals surface area contributed by atoms with Crippen LogP contribution in [0.1, 0.15) is 20.3 Å². The second-order valence-corrected chi connectivity index (χ2v) is 3.66. The maximum Gasteiger partial charge on any atom is 0.0983 e. The van der Waals surface area contributed by atoms with Gasteiger partial charge in [-0.05, 0) is 25.5 Å². The summed E-state index contributed by atoms with van der Waals surface area (Å²) in [5.41, 5.74) is 1.19. The minimum atomic E-state index is 0.451. The maximum atomic E-state index is 4.03. The van der Waals surface area contributed by atoms with Gasteiger partial charge in [0.1, 0.15) is 0 Å². The first-order valence-electron chi connectivity index (χ1n) is 5.41. The summed E-state index contributed by atoms with van der Waals surface area (Å²) in [6.07, 6.45) is 1.09. The molecule has 1 aromatic rings. The Morgan fingerprint density at radius 3 is 2.47 bits per heavy atom. The number of benzene rings is 1. The monoisotopic (exact) mass is 204 g/mol. The zero-order valence-electron chi connectivity index (χ0n) is 9.83. The molecule has 0 aliphatic rings. The van der Waals surface area contributed by atoms with Crippen LogP contribution >= 0.6 is 0 Å². The van der Waals surface area contributed by atoms with Crippen LogP contribution in [0.3, 0.4) is 0 Å². The van der Waals surface area contributed by atoms with E-state index >= 15 is 0 Å². The number of para-hydroxylation sites is 1. The minimum absolute atomic E-state index is 0.451. The smallest absolute Gasteiger partial charge is 0.0983 e. The van der Waals surface area contributed by atoms with Crippen molar-refractivity contribution in [3.8, 4) is 0 Å². The summed E-state index contributed by atoms with van der Waals surface area (Å²) in [5.74, 6) is 0.940. The van der Waals surface area contributed by atoms with Crippen LogP contribution in [0, 0.1) is 0 Å². The molecule has 0 radical (unpaired) electrons. The predicted molar refractivity (Wildman–Crippen MR) is 66.9 cm³/mol. The van der Waals surface area contributed by atoms with E-state index in [0.29, 0.717) is 6.04 Å². The van der Waals surface area contributed by atoms with Crippen LogP contribution in [0.2, 0.25) is 0 Å². The molecule has 0 fully saturated rings. The maximum absolute atomic E-state index is 4.03. The summed E-state index contributed by atoms with van der Waals surface area (Å²) in [4.78, 5) is 2.22. The predicted octanol–water partition coefficient (Wildman–Crippen LogP) is 2.98. The lowest BCUT2D eigenvalue weighted by Gasteiger charge is -2.32. The number of rotatable bonds is 5. The molecule has 82 valence electrons. The van der Waals surface area contributed by atoms with Gasteiger partial charge in [0.2, 0.25) is 0 Å². The second kappa shape index (κ2) is 5.44. The van der Waals surface area contributed by atoms with Gasteiger partial charge < -0.3 is 10.2 Å². The summed E-state index contributed by atoms with van der Waals surface area (Å²) in [5, 5.41) is 3.11. The van der Waals surface area contributed by atoms with Crippen molar-refractivity contribution < 1.29 is 0 Å². The van der Waals surface area contributed by atoms with Crippen molar-refractivity contribution in [3.05, 3.63) is 42.7 Å². The molecule has 0 amide bonds. The molecule has 1 N–H and O–H groups in total. The fourth-order valence-corrected chi connectivity index (χ4v) is 1.57. The van der Waals surface area contributed by atoms with E-state index in [4.69, 9.17) is 0 Å². The number of nitrogens with zero attached hydrogens (tertiary/aromatic N) is 1. The molecule has 0 spiro atoms. The zero-order valence-corrected chi connectivity index (χ0v) is 9.83. The summed E-state index contributed by atoms with van der Waals surface area (Å²) in [6.45, 7) is 8.42. The molecule has 0 aliphatic carbocycles. The largest absolute Gasteiger partial charge is 0.375 e. The van der Waals surface area contributed by atoms with Crippen molar-refractivity contribution in [2.45, 2.75) is 26.3 Å². The van der Waals surface area contributed by atoms with E-state index in [0.717, 1.165) is 12.2 Å². The SMILES string of the molecule is C=C(NC)N(c1ccccc1)C(C)CC. The first-order chi connectivity index (χ1) is 7.20. The number of anilines is 1. The van der Waals surface area contributed by atoms with Crippen LogP contribution in [0.25, 0.3) is 0 Å². The molecule has 1 unspecified atom stereocenters. The molecule has 0 bridgehead atoms. The van der Waals surface area contributed by atoms with Crippen molar-refractivity contribution in [1.82, 2.24) is 5.32 Å². The highest BCUT2D eigenvalue weighted by atomic mass is 15.3. The van der Waals surface area contributed by atoms with Gasteiger partial charge in [-0.15, -0.1) is 0 Å². The summed E-state index contributed by atoms with van der Waals surface area (Å²) < 4.78 is 0. The van der Waals surface area contributed by atoms with Crippen molar-refractivity contribution in [1.29, 1.82) is 0 Å². The minimum Gasteiger partial charge on any atom is -0.375 e. The Kier molecular flexibility index (Phi) is 4.22. The molecule has 0 saturated heterocycles. The Morgan fingerprint density at radius 1 is 1.40 bits per heavy atom. The van der Waals surface area contributed by atoms with Crippen LogP contribution in [0.5, 0.6) is 0 Å². The molecule has 15 heavy (non-hydrogen) atoms. The van der Waals surface area contributed by atoms with Gasteiger partial charge in [0, 0.05) is 18.8 Å². The van der Waals surface area contributed by atoms with Crippen LogP contribution in [-0.4, -0.2) is 13.1 Å². The first-order valence-corrected chi connectivity index (χ1v) is 5.41. The van der Waals surface area contributed by atoms with Gasteiger partial charge in [-0.25, -0.2) is 0 Å². The number of nitrogens with one attached hydrogen (secondary N) is 1. The normalized spacial score (nSPS) is 11.9. The van der Waals surface area contributed by atoms with E-state index in [1.807, 2.05) is 25.2 Å². The molecule has 1 atom stereocenters. The van der Waals surface area contributed by atoms with Crippen LogP contribution in [0.15, 0.2) is 42.7 Å². The van der Waals surface area contributed by atoms with Gasteiger partial charge >= 0.3 is 0 Å². The lowest BCUT2D eigenvalue weighted by molar-refractivity contribution is 0.643.